The first-order chi connectivity index (χ1) is 20.5. The normalized spacial score (nSPS) is 13.7. The third kappa shape index (κ3) is 9.06. The minimum Gasteiger partial charge on any atom is -0.444 e. The summed E-state index contributed by atoms with van der Waals surface area (Å²) < 4.78 is 5.35. The van der Waals surface area contributed by atoms with E-state index in [1.54, 1.807) is 33.8 Å². The van der Waals surface area contributed by atoms with Crippen molar-refractivity contribution in [1.82, 2.24) is 30.4 Å². The maximum Gasteiger partial charge on any atom is 0.410 e. The van der Waals surface area contributed by atoms with Crippen LogP contribution in [0, 0.1) is 11.3 Å². The summed E-state index contributed by atoms with van der Waals surface area (Å²) in [6.07, 6.45) is 3.34. The lowest BCUT2D eigenvalue weighted by molar-refractivity contribution is -0.125. The molecule has 2 aromatic heterocycles. The Morgan fingerprint density at radius 1 is 1.09 bits per heavy atom. The van der Waals surface area contributed by atoms with E-state index in [1.165, 1.54) is 18.4 Å². The van der Waals surface area contributed by atoms with Crippen LogP contribution < -0.4 is 21.3 Å². The summed E-state index contributed by atoms with van der Waals surface area (Å²) in [5.74, 6) is 2.30. The molecule has 1 aliphatic rings. The van der Waals surface area contributed by atoms with Gasteiger partial charge in [0.1, 0.15) is 23.3 Å². The van der Waals surface area contributed by atoms with Crippen molar-refractivity contribution < 1.29 is 14.3 Å². The lowest BCUT2D eigenvalue weighted by Crippen LogP contribution is -2.48. The highest BCUT2D eigenvalue weighted by atomic mass is 16.6. The average Bonchev–Trinajstić information content (AvgIpc) is 3.36. The number of benzene rings is 1. The van der Waals surface area contributed by atoms with Gasteiger partial charge in [-0.15, -0.1) is 0 Å². The third-order valence-corrected chi connectivity index (χ3v) is 6.99. The van der Waals surface area contributed by atoms with Crippen molar-refractivity contribution in [2.24, 2.45) is 0 Å². The van der Waals surface area contributed by atoms with E-state index >= 15 is 0 Å². The Bertz CT molecular complexity index is 1440. The van der Waals surface area contributed by atoms with Gasteiger partial charge in [0.25, 0.3) is 0 Å². The topological polar surface area (TPSA) is 173 Å². The number of ether oxygens (including phenoxy) is 1. The second-order valence-corrected chi connectivity index (χ2v) is 11.6. The van der Waals surface area contributed by atoms with Gasteiger partial charge < -0.3 is 26.0 Å². The van der Waals surface area contributed by atoms with Gasteiger partial charge in [0.05, 0.1) is 12.5 Å². The zero-order valence-electron chi connectivity index (χ0n) is 25.3. The zero-order chi connectivity index (χ0) is 31.0. The number of nitrogens with zero attached hydrogens (tertiary/aromatic N) is 5. The van der Waals surface area contributed by atoms with Crippen LogP contribution in [0.1, 0.15) is 64.1 Å². The van der Waals surface area contributed by atoms with Gasteiger partial charge in [0.15, 0.2) is 5.82 Å². The number of hydrogen-bond donors (Lipinski definition) is 5. The van der Waals surface area contributed by atoms with Crippen LogP contribution in [0.2, 0.25) is 0 Å². The van der Waals surface area contributed by atoms with Gasteiger partial charge in [-0.2, -0.15) is 20.3 Å². The summed E-state index contributed by atoms with van der Waals surface area (Å²) in [5.41, 5.74) is 2.15. The van der Waals surface area contributed by atoms with Crippen molar-refractivity contribution in [3.8, 4) is 6.07 Å². The second-order valence-electron chi connectivity index (χ2n) is 11.6. The Kier molecular flexibility index (Phi) is 10.0. The predicted molar refractivity (Wildman–Crippen MR) is 164 cm³/mol. The summed E-state index contributed by atoms with van der Waals surface area (Å²) in [4.78, 5) is 35.4. The van der Waals surface area contributed by atoms with Crippen LogP contribution in [0.4, 0.5) is 33.9 Å². The highest BCUT2D eigenvalue weighted by Crippen LogP contribution is 2.36. The van der Waals surface area contributed by atoms with E-state index in [0.29, 0.717) is 48.8 Å². The molecule has 3 aromatic rings. The first-order valence-corrected chi connectivity index (χ1v) is 14.4. The number of nitrogens with one attached hydrogen (secondary N) is 5. The molecule has 1 saturated carbocycles. The Morgan fingerprint density at radius 3 is 2.47 bits per heavy atom. The molecule has 0 saturated heterocycles. The molecule has 2 heterocycles. The summed E-state index contributed by atoms with van der Waals surface area (Å²) >= 11 is 0. The van der Waals surface area contributed by atoms with Crippen LogP contribution in [0.15, 0.2) is 36.4 Å². The van der Waals surface area contributed by atoms with Crippen molar-refractivity contribution in [2.45, 2.75) is 70.9 Å². The van der Waals surface area contributed by atoms with Gasteiger partial charge in [0, 0.05) is 49.6 Å². The molecule has 0 unspecified atom stereocenters. The summed E-state index contributed by atoms with van der Waals surface area (Å²) in [5, 5.41) is 29.0. The SMILES string of the molecule is C[C@@H](C(=O)NCCNc1cc(Nc2cc(C3CCC3)[nH]n2)nc(Nc2ccc(CC#N)cc2)n1)N(C)C(=O)OC(C)(C)C. The monoisotopic (exact) mass is 588 g/mol. The van der Waals surface area contributed by atoms with Gasteiger partial charge in [-0.3, -0.25) is 14.8 Å². The molecule has 1 atom stereocenters. The van der Waals surface area contributed by atoms with Crippen molar-refractivity contribution in [3.63, 3.8) is 0 Å². The molecule has 43 heavy (non-hydrogen) atoms. The molecule has 0 bridgehead atoms. The largest absolute Gasteiger partial charge is 0.444 e. The van der Waals surface area contributed by atoms with Crippen LogP contribution in [-0.4, -0.2) is 68.8 Å². The van der Waals surface area contributed by atoms with Gasteiger partial charge in [-0.05, 0) is 58.2 Å². The van der Waals surface area contributed by atoms with Gasteiger partial charge in [-0.1, -0.05) is 18.6 Å². The molecule has 5 N–H and O–H groups in total. The number of rotatable bonds is 12. The summed E-state index contributed by atoms with van der Waals surface area (Å²) in [7, 11) is 1.53. The number of anilines is 5. The number of carbonyl (C=O) groups excluding carboxylic acids is 2. The van der Waals surface area contributed by atoms with Gasteiger partial charge in [0.2, 0.25) is 11.9 Å². The lowest BCUT2D eigenvalue weighted by atomic mass is 9.83. The number of aromatic nitrogens is 4. The van der Waals surface area contributed by atoms with E-state index in [2.05, 4.69) is 47.5 Å². The molecule has 1 aromatic carbocycles. The van der Waals surface area contributed by atoms with Crippen LogP contribution in [0.3, 0.4) is 0 Å². The fourth-order valence-corrected chi connectivity index (χ4v) is 4.24. The van der Waals surface area contributed by atoms with E-state index in [4.69, 9.17) is 10.00 Å². The number of carbonyl (C=O) groups is 2. The number of amides is 2. The number of hydrogen-bond acceptors (Lipinski definition) is 10. The maximum absolute atomic E-state index is 12.7. The van der Waals surface area contributed by atoms with Crippen molar-refractivity contribution >= 4 is 41.1 Å². The Morgan fingerprint density at radius 2 is 1.81 bits per heavy atom. The molecule has 1 fully saturated rings. The van der Waals surface area contributed by atoms with Crippen molar-refractivity contribution in [1.29, 1.82) is 5.26 Å². The quantitative estimate of drug-likeness (QED) is 0.185. The molecule has 1 aliphatic carbocycles. The first kappa shape index (κ1) is 31.1. The highest BCUT2D eigenvalue weighted by molar-refractivity contribution is 5.85. The van der Waals surface area contributed by atoms with E-state index < -0.39 is 17.7 Å². The van der Waals surface area contributed by atoms with E-state index in [0.717, 1.165) is 29.8 Å². The summed E-state index contributed by atoms with van der Waals surface area (Å²) in [6, 6.07) is 12.7. The smallest absolute Gasteiger partial charge is 0.410 e. The van der Waals surface area contributed by atoms with Gasteiger partial charge >= 0.3 is 6.09 Å². The zero-order valence-corrected chi connectivity index (χ0v) is 25.3. The molecule has 228 valence electrons. The van der Waals surface area contributed by atoms with Crippen LogP contribution in [0.25, 0.3) is 0 Å². The minimum atomic E-state index is -0.710. The Balaban J connectivity index is 1.39. The molecule has 0 spiro atoms. The molecule has 4 rings (SSSR count). The van der Waals surface area contributed by atoms with Crippen LogP contribution >= 0.6 is 0 Å². The fraction of sp³-hybridized carbons (Fsp3) is 0.467. The maximum atomic E-state index is 12.7. The van der Waals surface area contributed by atoms with Crippen molar-refractivity contribution in [3.05, 3.63) is 47.7 Å². The Labute approximate surface area is 251 Å². The Hall–Kier alpha value is -4.86. The molecular formula is C30H40N10O3. The number of nitriles is 1. The highest BCUT2D eigenvalue weighted by Gasteiger charge is 2.26. The molecular weight excluding hydrogens is 548 g/mol. The number of aromatic amines is 1. The van der Waals surface area contributed by atoms with Crippen molar-refractivity contribution in [2.75, 3.05) is 36.1 Å². The molecule has 0 aliphatic heterocycles. The van der Waals surface area contributed by atoms with Gasteiger partial charge in [-0.25, -0.2) is 4.79 Å². The van der Waals surface area contributed by atoms with Crippen LogP contribution in [-0.2, 0) is 16.0 Å². The molecule has 13 heteroatoms. The molecule has 2 amide bonds. The molecule has 0 radical (unpaired) electrons. The minimum absolute atomic E-state index is 0.297. The van der Waals surface area contributed by atoms with E-state index in [-0.39, 0.29) is 5.91 Å². The number of likely N-dealkylation sites (N-methyl/N-ethyl adjacent to an activating group) is 1. The van der Waals surface area contributed by atoms with Crippen LogP contribution in [0.5, 0.6) is 0 Å². The average molecular weight is 589 g/mol. The predicted octanol–water partition coefficient (Wildman–Crippen LogP) is 4.80. The summed E-state index contributed by atoms with van der Waals surface area (Å²) in [6.45, 7) is 7.65. The lowest BCUT2D eigenvalue weighted by Gasteiger charge is -2.28. The third-order valence-electron chi connectivity index (χ3n) is 6.99. The van der Waals surface area contributed by atoms with E-state index in [1.807, 2.05) is 30.3 Å². The fourth-order valence-electron chi connectivity index (χ4n) is 4.24. The molecule has 13 nitrogen and oxygen atoms in total. The van der Waals surface area contributed by atoms with E-state index in [9.17, 15) is 9.59 Å². The number of H-pyrrole nitrogens is 1. The first-order valence-electron chi connectivity index (χ1n) is 14.4. The standard InChI is InChI=1S/C30H40N10O3/c1-19(40(5)29(42)43-30(2,3)4)27(41)33-16-15-32-24-18-25(35-26-17-23(38-39-26)21-7-6-8-21)37-28(36-24)34-22-11-9-20(10-12-22)13-14-31/h9-12,17-19,21H,6-8,13,15-16H2,1-5H3,(H,33,41)(H4,32,34,35,36,37,38,39)/t19-/m0/s1. The second kappa shape index (κ2) is 13.9.